The summed E-state index contributed by atoms with van der Waals surface area (Å²) in [4.78, 5) is 17.0. The third-order valence-corrected chi connectivity index (χ3v) is 2.74. The summed E-state index contributed by atoms with van der Waals surface area (Å²) < 4.78 is 0. The zero-order valence-electron chi connectivity index (χ0n) is 9.97. The lowest BCUT2D eigenvalue weighted by atomic mass is 9.98. The summed E-state index contributed by atoms with van der Waals surface area (Å²) in [5.41, 5.74) is 0.576. The van der Waals surface area contributed by atoms with Crippen molar-refractivity contribution in [1.29, 1.82) is 0 Å². The number of carbonyl (C=O) groups is 1. The Morgan fingerprint density at radius 1 is 1.50 bits per heavy atom. The van der Waals surface area contributed by atoms with Crippen LogP contribution >= 0.6 is 0 Å². The average molecular weight is 222 g/mol. The molecule has 0 aromatic carbocycles. The third kappa shape index (κ3) is 3.62. The van der Waals surface area contributed by atoms with Crippen molar-refractivity contribution in [1.82, 2.24) is 9.88 Å². The summed E-state index contributed by atoms with van der Waals surface area (Å²) in [6.45, 7) is 4.50. The van der Waals surface area contributed by atoms with Crippen LogP contribution in [0.3, 0.4) is 0 Å². The first-order valence-corrected chi connectivity index (χ1v) is 5.25. The van der Waals surface area contributed by atoms with Crippen LogP contribution in [0.25, 0.3) is 0 Å². The molecule has 1 aromatic rings. The average Bonchev–Trinajstić information content (AvgIpc) is 2.17. The second-order valence-electron chi connectivity index (χ2n) is 4.56. The minimum atomic E-state index is -0.780. The number of pyridine rings is 1. The number of hydrogen-bond donors (Lipinski definition) is 1. The molecule has 0 unspecified atom stereocenters. The highest BCUT2D eigenvalue weighted by molar-refractivity contribution is 5.68. The smallest absolute Gasteiger partial charge is 0.305 e. The van der Waals surface area contributed by atoms with Crippen LogP contribution in [0.4, 0.5) is 0 Å². The van der Waals surface area contributed by atoms with E-state index in [0.29, 0.717) is 6.54 Å². The van der Waals surface area contributed by atoms with Crippen LogP contribution in [-0.2, 0) is 11.3 Å². The summed E-state index contributed by atoms with van der Waals surface area (Å²) in [6, 6.07) is 5.74. The van der Waals surface area contributed by atoms with E-state index in [1.165, 1.54) is 0 Å². The van der Waals surface area contributed by atoms with E-state index in [1.54, 1.807) is 6.20 Å². The van der Waals surface area contributed by atoms with Crippen LogP contribution in [0, 0.1) is 0 Å². The predicted molar refractivity (Wildman–Crippen MR) is 62.0 cm³/mol. The normalized spacial score (nSPS) is 11.8. The zero-order valence-corrected chi connectivity index (χ0v) is 9.97. The Morgan fingerprint density at radius 2 is 2.19 bits per heavy atom. The SMILES string of the molecule is CN(Cc1ccccn1)C(C)(C)CC(=O)O. The Hall–Kier alpha value is -1.42. The molecule has 0 amide bonds. The Bertz CT molecular complexity index is 349. The van der Waals surface area contributed by atoms with Crippen molar-refractivity contribution in [3.63, 3.8) is 0 Å². The first-order chi connectivity index (χ1) is 7.42. The number of carboxylic acid groups (broad SMARTS) is 1. The largest absolute Gasteiger partial charge is 0.481 e. The van der Waals surface area contributed by atoms with Crippen molar-refractivity contribution in [3.05, 3.63) is 30.1 Å². The maximum Gasteiger partial charge on any atom is 0.305 e. The highest BCUT2D eigenvalue weighted by Crippen LogP contribution is 2.18. The lowest BCUT2D eigenvalue weighted by Crippen LogP contribution is -2.42. The van der Waals surface area contributed by atoms with Crippen molar-refractivity contribution in [2.45, 2.75) is 32.4 Å². The number of hydrogen-bond acceptors (Lipinski definition) is 3. The maximum absolute atomic E-state index is 10.7. The van der Waals surface area contributed by atoms with Crippen LogP contribution < -0.4 is 0 Å². The maximum atomic E-state index is 10.7. The van der Waals surface area contributed by atoms with Gasteiger partial charge in [-0.1, -0.05) is 6.07 Å². The molecule has 0 saturated heterocycles. The fraction of sp³-hybridized carbons (Fsp3) is 0.500. The predicted octanol–water partition coefficient (Wildman–Crippen LogP) is 1.77. The van der Waals surface area contributed by atoms with Gasteiger partial charge in [-0.15, -0.1) is 0 Å². The van der Waals surface area contributed by atoms with Crippen LogP contribution in [0.1, 0.15) is 26.0 Å². The molecule has 1 heterocycles. The van der Waals surface area contributed by atoms with Crippen molar-refractivity contribution < 1.29 is 9.90 Å². The number of aromatic nitrogens is 1. The standard InChI is InChI=1S/C12H18N2O2/c1-12(2,8-11(15)16)14(3)9-10-6-4-5-7-13-10/h4-7H,8-9H2,1-3H3,(H,15,16). The van der Waals surface area contributed by atoms with Gasteiger partial charge in [0.25, 0.3) is 0 Å². The fourth-order valence-electron chi connectivity index (χ4n) is 1.45. The van der Waals surface area contributed by atoms with Gasteiger partial charge in [-0.2, -0.15) is 0 Å². The Balaban J connectivity index is 2.64. The molecule has 1 aromatic heterocycles. The number of carboxylic acids is 1. The fourth-order valence-corrected chi connectivity index (χ4v) is 1.45. The van der Waals surface area contributed by atoms with Crippen LogP contribution in [0.2, 0.25) is 0 Å². The molecular weight excluding hydrogens is 204 g/mol. The van der Waals surface area contributed by atoms with Crippen LogP contribution in [-0.4, -0.2) is 33.5 Å². The Labute approximate surface area is 95.9 Å². The molecule has 88 valence electrons. The summed E-state index contributed by atoms with van der Waals surface area (Å²) >= 11 is 0. The molecule has 0 fully saturated rings. The van der Waals surface area contributed by atoms with E-state index in [2.05, 4.69) is 4.98 Å². The quantitative estimate of drug-likeness (QED) is 0.825. The zero-order chi connectivity index (χ0) is 12.2. The summed E-state index contributed by atoms with van der Waals surface area (Å²) in [6.07, 6.45) is 1.86. The second kappa shape index (κ2) is 5.07. The molecule has 1 N–H and O–H groups in total. The molecule has 0 bridgehead atoms. The number of nitrogens with zero attached hydrogens (tertiary/aromatic N) is 2. The summed E-state index contributed by atoms with van der Waals surface area (Å²) in [7, 11) is 1.91. The molecule has 0 aliphatic heterocycles. The van der Waals surface area contributed by atoms with E-state index in [-0.39, 0.29) is 12.0 Å². The molecule has 4 nitrogen and oxygen atoms in total. The highest BCUT2D eigenvalue weighted by atomic mass is 16.4. The van der Waals surface area contributed by atoms with Crippen molar-refractivity contribution in [2.24, 2.45) is 0 Å². The molecule has 0 saturated carbocycles. The van der Waals surface area contributed by atoms with Gasteiger partial charge in [0.2, 0.25) is 0 Å². The Kier molecular flexibility index (Phi) is 4.01. The van der Waals surface area contributed by atoms with Gasteiger partial charge in [-0.05, 0) is 33.0 Å². The molecule has 0 aliphatic carbocycles. The summed E-state index contributed by atoms with van der Waals surface area (Å²) in [5, 5.41) is 8.82. The molecule has 0 spiro atoms. The van der Waals surface area contributed by atoms with Gasteiger partial charge in [-0.25, -0.2) is 0 Å². The molecule has 0 atom stereocenters. The van der Waals surface area contributed by atoms with Gasteiger partial charge >= 0.3 is 5.97 Å². The van der Waals surface area contributed by atoms with Crippen molar-refractivity contribution in [3.8, 4) is 0 Å². The molecule has 16 heavy (non-hydrogen) atoms. The minimum Gasteiger partial charge on any atom is -0.481 e. The molecule has 4 heteroatoms. The molecule has 0 radical (unpaired) electrons. The highest BCUT2D eigenvalue weighted by Gasteiger charge is 2.26. The van der Waals surface area contributed by atoms with Gasteiger partial charge in [0, 0.05) is 18.3 Å². The van der Waals surface area contributed by atoms with Crippen LogP contribution in [0.15, 0.2) is 24.4 Å². The van der Waals surface area contributed by atoms with Gasteiger partial charge in [0.1, 0.15) is 0 Å². The van der Waals surface area contributed by atoms with E-state index in [4.69, 9.17) is 5.11 Å². The third-order valence-electron chi connectivity index (χ3n) is 2.74. The minimum absolute atomic E-state index is 0.121. The van der Waals surface area contributed by atoms with Gasteiger partial charge in [0.15, 0.2) is 0 Å². The van der Waals surface area contributed by atoms with Gasteiger partial charge in [-0.3, -0.25) is 14.7 Å². The van der Waals surface area contributed by atoms with E-state index < -0.39 is 5.97 Å². The van der Waals surface area contributed by atoms with Gasteiger partial charge < -0.3 is 5.11 Å². The van der Waals surface area contributed by atoms with E-state index in [9.17, 15) is 4.79 Å². The van der Waals surface area contributed by atoms with E-state index in [1.807, 2.05) is 44.0 Å². The lowest BCUT2D eigenvalue weighted by molar-refractivity contribution is -0.139. The van der Waals surface area contributed by atoms with E-state index >= 15 is 0 Å². The molecular formula is C12H18N2O2. The second-order valence-corrected chi connectivity index (χ2v) is 4.56. The number of rotatable bonds is 5. The Morgan fingerprint density at radius 3 is 2.69 bits per heavy atom. The summed E-state index contributed by atoms with van der Waals surface area (Å²) in [5.74, 6) is -0.780. The topological polar surface area (TPSA) is 53.4 Å². The monoisotopic (exact) mass is 222 g/mol. The van der Waals surface area contributed by atoms with E-state index in [0.717, 1.165) is 5.69 Å². The molecule has 0 aliphatic rings. The van der Waals surface area contributed by atoms with Crippen molar-refractivity contribution in [2.75, 3.05) is 7.05 Å². The molecule has 1 rings (SSSR count). The van der Waals surface area contributed by atoms with Gasteiger partial charge in [0.05, 0.1) is 12.1 Å². The number of aliphatic carboxylic acids is 1. The first kappa shape index (κ1) is 12.6. The lowest BCUT2D eigenvalue weighted by Gasteiger charge is -2.34. The first-order valence-electron chi connectivity index (χ1n) is 5.25. The van der Waals surface area contributed by atoms with Crippen molar-refractivity contribution >= 4 is 5.97 Å². The van der Waals surface area contributed by atoms with Crippen LogP contribution in [0.5, 0.6) is 0 Å².